The van der Waals surface area contributed by atoms with Gasteiger partial charge in [-0.25, -0.2) is 8.42 Å². The molecular formula is C24H23BrCl2N2O4S. The van der Waals surface area contributed by atoms with E-state index in [9.17, 15) is 13.2 Å². The number of benzene rings is 3. The summed E-state index contributed by atoms with van der Waals surface area (Å²) in [4.78, 5) is 13.0. The Kier molecular flexibility index (Phi) is 9.01. The van der Waals surface area contributed by atoms with Gasteiger partial charge in [0.2, 0.25) is 15.9 Å². The lowest BCUT2D eigenvalue weighted by molar-refractivity contribution is -0.122. The second kappa shape index (κ2) is 11.6. The van der Waals surface area contributed by atoms with E-state index in [1.807, 2.05) is 19.1 Å². The van der Waals surface area contributed by atoms with Crippen LogP contribution in [0.2, 0.25) is 10.0 Å². The predicted molar refractivity (Wildman–Crippen MR) is 138 cm³/mol. The highest BCUT2D eigenvalue weighted by atomic mass is 79.9. The summed E-state index contributed by atoms with van der Waals surface area (Å²) in [6, 6.07) is 18.0. The SMILES string of the molecule is COc1ccc(C(C)NC(=O)CN(Cc2ccc(Cl)cc2Cl)S(=O)(=O)c2ccc(Br)cc2)cc1. The largest absolute Gasteiger partial charge is 0.497 e. The van der Waals surface area contributed by atoms with Gasteiger partial charge in [-0.3, -0.25) is 4.79 Å². The second-order valence-electron chi connectivity index (χ2n) is 7.53. The van der Waals surface area contributed by atoms with Crippen molar-refractivity contribution in [3.8, 4) is 5.75 Å². The van der Waals surface area contributed by atoms with Gasteiger partial charge in [-0.2, -0.15) is 4.31 Å². The Morgan fingerprint density at radius 3 is 2.29 bits per heavy atom. The summed E-state index contributed by atoms with van der Waals surface area (Å²) in [5.41, 5.74) is 1.39. The monoisotopic (exact) mass is 584 g/mol. The van der Waals surface area contributed by atoms with Gasteiger partial charge in [0.1, 0.15) is 5.75 Å². The van der Waals surface area contributed by atoms with Gasteiger partial charge in [0.25, 0.3) is 0 Å². The van der Waals surface area contributed by atoms with Crippen LogP contribution in [0.3, 0.4) is 0 Å². The van der Waals surface area contributed by atoms with Gasteiger partial charge < -0.3 is 10.1 Å². The van der Waals surface area contributed by atoms with Gasteiger partial charge in [0.15, 0.2) is 0 Å². The van der Waals surface area contributed by atoms with E-state index in [4.69, 9.17) is 27.9 Å². The third-order valence-electron chi connectivity index (χ3n) is 5.13. The summed E-state index contributed by atoms with van der Waals surface area (Å²) in [5, 5.41) is 3.61. The maximum absolute atomic E-state index is 13.4. The molecule has 3 aromatic carbocycles. The molecule has 1 N–H and O–H groups in total. The molecule has 0 saturated carbocycles. The number of hydrogen-bond donors (Lipinski definition) is 1. The fourth-order valence-electron chi connectivity index (χ4n) is 3.24. The number of carbonyl (C=O) groups is 1. The van der Waals surface area contributed by atoms with Crippen molar-refractivity contribution in [3.63, 3.8) is 0 Å². The third-order valence-corrected chi connectivity index (χ3v) is 8.05. The maximum atomic E-state index is 13.4. The van der Waals surface area contributed by atoms with E-state index < -0.39 is 22.5 Å². The maximum Gasteiger partial charge on any atom is 0.243 e. The van der Waals surface area contributed by atoms with Crippen LogP contribution in [0.4, 0.5) is 0 Å². The molecule has 1 atom stereocenters. The highest BCUT2D eigenvalue weighted by Crippen LogP contribution is 2.26. The molecule has 34 heavy (non-hydrogen) atoms. The number of sulfonamides is 1. The molecule has 10 heteroatoms. The van der Waals surface area contributed by atoms with Crippen LogP contribution in [0.1, 0.15) is 24.1 Å². The Labute approximate surface area is 218 Å². The first-order chi connectivity index (χ1) is 16.1. The zero-order chi connectivity index (χ0) is 24.9. The van der Waals surface area contributed by atoms with E-state index in [1.54, 1.807) is 43.5 Å². The van der Waals surface area contributed by atoms with Crippen molar-refractivity contribution in [1.29, 1.82) is 0 Å². The van der Waals surface area contributed by atoms with Crippen molar-refractivity contribution in [2.75, 3.05) is 13.7 Å². The fourth-order valence-corrected chi connectivity index (χ4v) is 5.35. The second-order valence-corrected chi connectivity index (χ2v) is 11.2. The first kappa shape index (κ1) is 26.5. The Hall–Kier alpha value is -2.10. The smallest absolute Gasteiger partial charge is 0.243 e. The van der Waals surface area contributed by atoms with E-state index >= 15 is 0 Å². The number of nitrogens with one attached hydrogen (secondary N) is 1. The molecule has 0 aliphatic heterocycles. The number of hydrogen-bond acceptors (Lipinski definition) is 4. The zero-order valence-electron chi connectivity index (χ0n) is 18.5. The molecule has 1 unspecified atom stereocenters. The molecule has 0 spiro atoms. The average Bonchev–Trinajstić information content (AvgIpc) is 2.80. The molecule has 0 aromatic heterocycles. The summed E-state index contributed by atoms with van der Waals surface area (Å²) in [7, 11) is -2.43. The van der Waals surface area contributed by atoms with E-state index in [-0.39, 0.29) is 17.5 Å². The van der Waals surface area contributed by atoms with Crippen molar-refractivity contribution in [1.82, 2.24) is 9.62 Å². The van der Waals surface area contributed by atoms with Gasteiger partial charge in [0.05, 0.1) is 24.6 Å². The minimum absolute atomic E-state index is 0.0665. The summed E-state index contributed by atoms with van der Waals surface area (Å²) >= 11 is 15.6. The Morgan fingerprint density at radius 1 is 1.06 bits per heavy atom. The van der Waals surface area contributed by atoms with Gasteiger partial charge in [-0.05, 0) is 66.6 Å². The van der Waals surface area contributed by atoms with E-state index in [0.29, 0.717) is 21.4 Å². The quantitative estimate of drug-likeness (QED) is 0.343. The molecule has 0 radical (unpaired) electrons. The van der Waals surface area contributed by atoms with Crippen molar-refractivity contribution in [3.05, 3.63) is 92.4 Å². The molecule has 180 valence electrons. The minimum atomic E-state index is -4.00. The van der Waals surface area contributed by atoms with Gasteiger partial charge in [-0.15, -0.1) is 0 Å². The molecule has 0 bridgehead atoms. The number of nitrogens with zero attached hydrogens (tertiary/aromatic N) is 1. The third kappa shape index (κ3) is 6.73. The van der Waals surface area contributed by atoms with Crippen LogP contribution >= 0.6 is 39.1 Å². The van der Waals surface area contributed by atoms with Gasteiger partial charge in [0, 0.05) is 21.1 Å². The van der Waals surface area contributed by atoms with E-state index in [1.165, 1.54) is 18.2 Å². The first-order valence-electron chi connectivity index (χ1n) is 10.2. The molecular weight excluding hydrogens is 563 g/mol. The summed E-state index contributed by atoms with van der Waals surface area (Å²) < 4.78 is 33.9. The van der Waals surface area contributed by atoms with Crippen LogP contribution in [-0.4, -0.2) is 32.3 Å². The number of carbonyl (C=O) groups excluding carboxylic acids is 1. The molecule has 3 aromatic rings. The lowest BCUT2D eigenvalue weighted by atomic mass is 10.1. The zero-order valence-corrected chi connectivity index (χ0v) is 22.4. The first-order valence-corrected chi connectivity index (χ1v) is 13.2. The van der Waals surface area contributed by atoms with Crippen LogP contribution in [0.5, 0.6) is 5.75 Å². The molecule has 0 saturated heterocycles. The van der Waals surface area contributed by atoms with Crippen molar-refractivity contribution >= 4 is 55.1 Å². The lowest BCUT2D eigenvalue weighted by Crippen LogP contribution is -2.41. The number of methoxy groups -OCH3 is 1. The van der Waals surface area contributed by atoms with Crippen LogP contribution < -0.4 is 10.1 Å². The van der Waals surface area contributed by atoms with Gasteiger partial charge >= 0.3 is 0 Å². The molecule has 6 nitrogen and oxygen atoms in total. The highest BCUT2D eigenvalue weighted by Gasteiger charge is 2.28. The molecule has 1 amide bonds. The van der Waals surface area contributed by atoms with Crippen LogP contribution in [-0.2, 0) is 21.4 Å². The standard InChI is InChI=1S/C24H23BrCl2N2O4S/c1-16(17-4-9-21(33-2)10-5-17)28-24(30)15-29(14-18-3-8-20(26)13-23(18)27)34(31,32)22-11-6-19(25)7-12-22/h3-13,16H,14-15H2,1-2H3,(H,28,30). The van der Waals surface area contributed by atoms with Crippen LogP contribution in [0.25, 0.3) is 0 Å². The number of rotatable bonds is 9. The summed E-state index contributed by atoms with van der Waals surface area (Å²) in [5.74, 6) is 0.253. The Balaban J connectivity index is 1.84. The molecule has 0 aliphatic carbocycles. The van der Waals surface area contributed by atoms with Crippen LogP contribution in [0, 0.1) is 0 Å². The topological polar surface area (TPSA) is 75.7 Å². The molecule has 0 aliphatic rings. The summed E-state index contributed by atoms with van der Waals surface area (Å²) in [6.07, 6.45) is 0. The average molecular weight is 586 g/mol. The normalized spacial score (nSPS) is 12.4. The number of amides is 1. The number of halogens is 3. The van der Waals surface area contributed by atoms with E-state index in [0.717, 1.165) is 14.3 Å². The Bertz CT molecular complexity index is 1250. The molecule has 0 fully saturated rings. The van der Waals surface area contributed by atoms with Crippen LogP contribution in [0.15, 0.2) is 76.1 Å². The fraction of sp³-hybridized carbons (Fsp3) is 0.208. The van der Waals surface area contributed by atoms with Crippen molar-refractivity contribution in [2.45, 2.75) is 24.4 Å². The molecule has 3 rings (SSSR count). The predicted octanol–water partition coefficient (Wildman–Crippen LogP) is 5.83. The molecule has 0 heterocycles. The minimum Gasteiger partial charge on any atom is -0.497 e. The highest BCUT2D eigenvalue weighted by molar-refractivity contribution is 9.10. The summed E-state index contributed by atoms with van der Waals surface area (Å²) in [6.45, 7) is 1.33. The van der Waals surface area contributed by atoms with E-state index in [2.05, 4.69) is 21.2 Å². The van der Waals surface area contributed by atoms with Crippen molar-refractivity contribution in [2.24, 2.45) is 0 Å². The lowest BCUT2D eigenvalue weighted by Gasteiger charge is -2.24. The number of ether oxygens (including phenoxy) is 1. The Morgan fingerprint density at radius 2 is 1.71 bits per heavy atom. The van der Waals surface area contributed by atoms with Crippen molar-refractivity contribution < 1.29 is 17.9 Å². The van der Waals surface area contributed by atoms with Gasteiger partial charge in [-0.1, -0.05) is 57.3 Å².